The van der Waals surface area contributed by atoms with E-state index in [0.717, 1.165) is 30.2 Å². The Hall–Kier alpha value is -0.450. The number of rotatable bonds is 3. The fraction of sp³-hybridized carbons (Fsp3) is 0.625. The molecule has 0 saturated heterocycles. The molecule has 20 heavy (non-hydrogen) atoms. The van der Waals surface area contributed by atoms with Crippen LogP contribution in [0.5, 0.6) is 0 Å². The third-order valence-corrected chi connectivity index (χ3v) is 5.08. The average molecular weight is 344 g/mol. The second-order valence-electron chi connectivity index (χ2n) is 5.90. The van der Waals surface area contributed by atoms with Crippen molar-refractivity contribution in [2.45, 2.75) is 51.0 Å². The Labute approximate surface area is 128 Å². The van der Waals surface area contributed by atoms with Gasteiger partial charge in [-0.1, -0.05) is 48.0 Å². The number of aliphatic hydroxyl groups is 1. The molecule has 0 aliphatic heterocycles. The summed E-state index contributed by atoms with van der Waals surface area (Å²) >= 11 is 3.35. The van der Waals surface area contributed by atoms with Gasteiger partial charge < -0.3 is 10.8 Å². The first-order valence-corrected chi connectivity index (χ1v) is 8.21. The minimum absolute atomic E-state index is 0.351. The van der Waals surface area contributed by atoms with Crippen molar-refractivity contribution >= 4 is 15.9 Å². The summed E-state index contributed by atoms with van der Waals surface area (Å²) in [4.78, 5) is 0. The number of hydrogen-bond donors (Lipinski definition) is 2. The zero-order valence-corrected chi connectivity index (χ0v) is 13.3. The maximum Gasteiger partial charge on any atom is 0.129 e. The second-order valence-corrected chi connectivity index (χ2v) is 6.82. The van der Waals surface area contributed by atoms with Gasteiger partial charge in [-0.05, 0) is 31.0 Å². The van der Waals surface area contributed by atoms with Crippen molar-refractivity contribution in [3.63, 3.8) is 0 Å². The summed E-state index contributed by atoms with van der Waals surface area (Å²) in [5.74, 6) is -0.351. The fourth-order valence-electron chi connectivity index (χ4n) is 3.25. The fourth-order valence-corrected chi connectivity index (χ4v) is 3.63. The molecule has 1 aliphatic rings. The molecule has 1 atom stereocenters. The topological polar surface area (TPSA) is 46.2 Å². The normalized spacial score (nSPS) is 21.0. The predicted octanol–water partition coefficient (Wildman–Crippen LogP) is 4.31. The Morgan fingerprint density at radius 3 is 2.40 bits per heavy atom. The molecule has 2 nitrogen and oxygen atoms in total. The van der Waals surface area contributed by atoms with Gasteiger partial charge in [0, 0.05) is 22.0 Å². The zero-order valence-electron chi connectivity index (χ0n) is 11.7. The van der Waals surface area contributed by atoms with E-state index in [1.807, 2.05) is 0 Å². The molecule has 0 bridgehead atoms. The van der Waals surface area contributed by atoms with E-state index >= 15 is 0 Å². The minimum atomic E-state index is -0.830. The van der Waals surface area contributed by atoms with Crippen LogP contribution in [0.2, 0.25) is 0 Å². The smallest absolute Gasteiger partial charge is 0.129 e. The summed E-state index contributed by atoms with van der Waals surface area (Å²) in [6, 6.07) is 4.73. The van der Waals surface area contributed by atoms with Gasteiger partial charge in [0.1, 0.15) is 5.82 Å². The Bertz CT molecular complexity index is 444. The summed E-state index contributed by atoms with van der Waals surface area (Å²) in [6.45, 7) is 0.403. The summed E-state index contributed by atoms with van der Waals surface area (Å²) in [6.07, 6.45) is 6.64. The molecule has 4 heteroatoms. The van der Waals surface area contributed by atoms with Crippen LogP contribution >= 0.6 is 15.9 Å². The Balaban J connectivity index is 2.30. The molecule has 0 radical (unpaired) electrons. The van der Waals surface area contributed by atoms with Gasteiger partial charge in [0.2, 0.25) is 0 Å². The van der Waals surface area contributed by atoms with E-state index in [9.17, 15) is 9.50 Å². The van der Waals surface area contributed by atoms with E-state index in [-0.39, 0.29) is 11.2 Å². The molecular weight excluding hydrogens is 321 g/mol. The van der Waals surface area contributed by atoms with Crippen LogP contribution in [-0.2, 0) is 0 Å². The van der Waals surface area contributed by atoms with Crippen LogP contribution in [0.25, 0.3) is 0 Å². The minimum Gasteiger partial charge on any atom is -0.388 e. The van der Waals surface area contributed by atoms with Gasteiger partial charge in [0.05, 0.1) is 6.10 Å². The molecule has 0 aromatic heterocycles. The SMILES string of the molecule is NCC1(C(O)c2cc(Br)ccc2F)CCCCCCC1. The molecule has 1 aromatic carbocycles. The monoisotopic (exact) mass is 343 g/mol. The van der Waals surface area contributed by atoms with Gasteiger partial charge in [-0.2, -0.15) is 0 Å². The predicted molar refractivity (Wildman–Crippen MR) is 82.9 cm³/mol. The van der Waals surface area contributed by atoms with E-state index in [0.29, 0.717) is 12.1 Å². The number of aliphatic hydroxyl groups excluding tert-OH is 1. The van der Waals surface area contributed by atoms with Gasteiger partial charge in [0.25, 0.3) is 0 Å². The van der Waals surface area contributed by atoms with Crippen LogP contribution in [0.4, 0.5) is 4.39 Å². The van der Waals surface area contributed by atoms with Crippen molar-refractivity contribution in [2.75, 3.05) is 6.54 Å². The molecule has 1 saturated carbocycles. The van der Waals surface area contributed by atoms with Crippen LogP contribution in [0.3, 0.4) is 0 Å². The Kier molecular flexibility index (Phi) is 5.58. The number of benzene rings is 1. The van der Waals surface area contributed by atoms with E-state index in [1.54, 1.807) is 12.1 Å². The highest BCUT2D eigenvalue weighted by molar-refractivity contribution is 9.10. The van der Waals surface area contributed by atoms with Crippen LogP contribution in [0.1, 0.15) is 56.6 Å². The van der Waals surface area contributed by atoms with E-state index in [4.69, 9.17) is 5.73 Å². The molecule has 1 aromatic rings. The number of hydrogen-bond acceptors (Lipinski definition) is 2. The van der Waals surface area contributed by atoms with Crippen LogP contribution in [-0.4, -0.2) is 11.7 Å². The van der Waals surface area contributed by atoms with Crippen molar-refractivity contribution < 1.29 is 9.50 Å². The lowest BCUT2D eigenvalue weighted by Gasteiger charge is -2.39. The van der Waals surface area contributed by atoms with Crippen LogP contribution in [0.15, 0.2) is 22.7 Å². The summed E-state index contributed by atoms with van der Waals surface area (Å²) in [7, 11) is 0. The van der Waals surface area contributed by atoms with Crippen LogP contribution < -0.4 is 5.73 Å². The van der Waals surface area contributed by atoms with Crippen molar-refractivity contribution in [3.05, 3.63) is 34.1 Å². The molecule has 3 N–H and O–H groups in total. The molecule has 1 fully saturated rings. The zero-order chi connectivity index (χ0) is 14.6. The van der Waals surface area contributed by atoms with E-state index in [1.165, 1.54) is 25.3 Å². The summed E-state index contributed by atoms with van der Waals surface area (Å²) in [5.41, 5.74) is 5.97. The van der Waals surface area contributed by atoms with Gasteiger partial charge in [-0.15, -0.1) is 0 Å². The summed E-state index contributed by atoms with van der Waals surface area (Å²) < 4.78 is 14.8. The Morgan fingerprint density at radius 1 is 1.20 bits per heavy atom. The van der Waals surface area contributed by atoms with Crippen molar-refractivity contribution in [1.82, 2.24) is 0 Å². The molecule has 0 heterocycles. The molecule has 112 valence electrons. The summed E-state index contributed by atoms with van der Waals surface area (Å²) in [5, 5.41) is 10.8. The lowest BCUT2D eigenvalue weighted by atomic mass is 9.70. The molecule has 1 unspecified atom stereocenters. The first kappa shape index (κ1) is 15.9. The molecule has 0 amide bonds. The van der Waals surface area contributed by atoms with Crippen molar-refractivity contribution in [2.24, 2.45) is 11.1 Å². The van der Waals surface area contributed by atoms with E-state index in [2.05, 4.69) is 15.9 Å². The van der Waals surface area contributed by atoms with Crippen molar-refractivity contribution in [3.8, 4) is 0 Å². The van der Waals surface area contributed by atoms with Gasteiger partial charge in [-0.3, -0.25) is 0 Å². The van der Waals surface area contributed by atoms with Gasteiger partial charge in [0.15, 0.2) is 0 Å². The highest BCUT2D eigenvalue weighted by Crippen LogP contribution is 2.44. The molecule has 0 spiro atoms. The average Bonchev–Trinajstić information content (AvgIpc) is 2.41. The van der Waals surface area contributed by atoms with Gasteiger partial charge in [-0.25, -0.2) is 4.39 Å². The number of nitrogens with two attached hydrogens (primary N) is 1. The maximum absolute atomic E-state index is 14.0. The second kappa shape index (κ2) is 7.01. The van der Waals surface area contributed by atoms with E-state index < -0.39 is 6.10 Å². The van der Waals surface area contributed by atoms with Crippen molar-refractivity contribution in [1.29, 1.82) is 0 Å². The third-order valence-electron chi connectivity index (χ3n) is 4.59. The first-order valence-electron chi connectivity index (χ1n) is 7.42. The molecular formula is C16H23BrFNO. The highest BCUT2D eigenvalue weighted by Gasteiger charge is 2.38. The highest BCUT2D eigenvalue weighted by atomic mass is 79.9. The van der Waals surface area contributed by atoms with Crippen LogP contribution in [0, 0.1) is 11.2 Å². The maximum atomic E-state index is 14.0. The first-order chi connectivity index (χ1) is 9.59. The quantitative estimate of drug-likeness (QED) is 0.858. The molecule has 1 aliphatic carbocycles. The molecule has 2 rings (SSSR count). The lowest BCUT2D eigenvalue weighted by Crippen LogP contribution is -2.38. The van der Waals surface area contributed by atoms with Gasteiger partial charge >= 0.3 is 0 Å². The number of halogens is 2. The standard InChI is InChI=1S/C16H23BrFNO/c17-12-6-7-14(18)13(10-12)15(20)16(11-19)8-4-2-1-3-5-9-16/h6-7,10,15,20H,1-5,8-9,11,19H2. The lowest BCUT2D eigenvalue weighted by molar-refractivity contribution is 0.00611. The third kappa shape index (κ3) is 3.41. The largest absolute Gasteiger partial charge is 0.388 e. The Morgan fingerprint density at radius 2 is 1.80 bits per heavy atom.